The normalized spacial score (nSPS) is 10.4. The van der Waals surface area contributed by atoms with Crippen molar-refractivity contribution in [2.75, 3.05) is 0 Å². The molecule has 4 nitrogen and oxygen atoms in total. The van der Waals surface area contributed by atoms with E-state index in [1.54, 1.807) is 60.7 Å². The molecule has 0 amide bonds. The van der Waals surface area contributed by atoms with Gasteiger partial charge < -0.3 is 9.79 Å². The van der Waals surface area contributed by atoms with E-state index in [-0.39, 0.29) is 0 Å². The van der Waals surface area contributed by atoms with Crippen molar-refractivity contribution >= 4 is 47.4 Å². The Balaban J connectivity index is 0.000000189. The predicted octanol–water partition coefficient (Wildman–Crippen LogP) is 1.31. The predicted molar refractivity (Wildman–Crippen MR) is 99.2 cm³/mol. The second-order valence-electron chi connectivity index (χ2n) is 4.60. The first-order chi connectivity index (χ1) is 12.0. The molecule has 3 rings (SSSR count). The van der Waals surface area contributed by atoms with Crippen LogP contribution in [0.4, 0.5) is 0 Å². The van der Waals surface area contributed by atoms with Crippen molar-refractivity contribution < 1.29 is 18.9 Å². The van der Waals surface area contributed by atoms with Crippen LogP contribution in [0.15, 0.2) is 91.0 Å². The summed E-state index contributed by atoms with van der Waals surface area (Å²) in [5.41, 5.74) is 0. The van der Waals surface area contributed by atoms with Gasteiger partial charge in [0.1, 0.15) is 0 Å². The van der Waals surface area contributed by atoms with Crippen LogP contribution in [-0.2, 0) is 9.13 Å². The summed E-state index contributed by atoms with van der Waals surface area (Å²) in [5, 5.41) is 0.736. The van der Waals surface area contributed by atoms with E-state index < -0.39 is 16.1 Å². The first kappa shape index (κ1) is 21.4. The Labute approximate surface area is 157 Å². The summed E-state index contributed by atoms with van der Waals surface area (Å²) >= 11 is 2.63. The first-order valence-corrected chi connectivity index (χ1v) is 10.1. The quantitative estimate of drug-likeness (QED) is 0.493. The molecule has 0 bridgehead atoms. The Morgan fingerprint density at radius 2 is 0.840 bits per heavy atom. The van der Waals surface area contributed by atoms with E-state index in [1.165, 1.54) is 4.43 Å². The van der Waals surface area contributed by atoms with E-state index >= 15 is 0 Å². The molecule has 0 N–H and O–H groups in total. The van der Waals surface area contributed by atoms with Crippen LogP contribution in [0.1, 0.15) is 0 Å². The van der Waals surface area contributed by atoms with Crippen molar-refractivity contribution in [2.24, 2.45) is 0 Å². The molecule has 7 heteroatoms. The molecule has 3 aromatic carbocycles. The standard InChI is InChI=1S/2C6H5O2P.C6H5.Al/c2*7-9(8)6-4-2-1-3-5-6;1-2-4-6-5-3-1;/h2*1-5H;1-5H;/q;;;+2. The van der Waals surface area contributed by atoms with Gasteiger partial charge >= 0.3 is 67.1 Å². The third-order valence-corrected chi connectivity index (χ3v) is 4.56. The van der Waals surface area contributed by atoms with Crippen LogP contribution in [-0.4, -0.2) is 16.3 Å². The molecule has 25 heavy (non-hydrogen) atoms. The molecule has 0 fully saturated rings. The van der Waals surface area contributed by atoms with Crippen LogP contribution in [0.3, 0.4) is 0 Å². The second kappa shape index (κ2) is 12.6. The van der Waals surface area contributed by atoms with E-state index in [9.17, 15) is 18.9 Å². The summed E-state index contributed by atoms with van der Waals surface area (Å²) in [4.78, 5) is 20.5. The molecule has 0 saturated carbocycles. The van der Waals surface area contributed by atoms with Gasteiger partial charge in [-0.2, -0.15) is 0 Å². The molecule has 0 aliphatic heterocycles. The third-order valence-electron chi connectivity index (χ3n) is 2.73. The number of hydrogen-bond donors (Lipinski definition) is 0. The zero-order valence-corrected chi connectivity index (χ0v) is 16.2. The SMILES string of the molecule is O=[P+]([O-])c1ccccc1.O=[P+]([O-])c1ccccc1.[Al+2][c]1ccccc1. The van der Waals surface area contributed by atoms with Crippen molar-refractivity contribution in [1.29, 1.82) is 0 Å². The average molecular weight is 384 g/mol. The summed E-state index contributed by atoms with van der Waals surface area (Å²) in [6, 6.07) is 26.7. The van der Waals surface area contributed by atoms with Gasteiger partial charge in [0.05, 0.1) is 0 Å². The number of rotatable bonds is 2. The molecule has 0 radical (unpaired) electrons. The fourth-order valence-electron chi connectivity index (χ4n) is 1.55. The van der Waals surface area contributed by atoms with E-state index in [4.69, 9.17) is 0 Å². The van der Waals surface area contributed by atoms with Gasteiger partial charge in [0, 0.05) is 0 Å². The molecule has 0 aliphatic rings. The zero-order chi connectivity index (χ0) is 18.5. The minimum absolute atomic E-state index is 0.368. The zero-order valence-electron chi connectivity index (χ0n) is 13.3. The Morgan fingerprint density at radius 1 is 0.560 bits per heavy atom. The summed E-state index contributed by atoms with van der Waals surface area (Å²) < 4.78 is 21.7. The number of hydrogen-bond acceptors (Lipinski definition) is 4. The van der Waals surface area contributed by atoms with E-state index in [2.05, 4.69) is 16.3 Å². The van der Waals surface area contributed by atoms with Gasteiger partial charge in [-0.1, -0.05) is 45.5 Å². The van der Waals surface area contributed by atoms with Gasteiger partial charge in [-0.25, -0.2) is 0 Å². The molecule has 2 atom stereocenters. The van der Waals surface area contributed by atoms with E-state index in [0.29, 0.717) is 10.6 Å². The first-order valence-electron chi connectivity index (χ1n) is 7.20. The van der Waals surface area contributed by atoms with Gasteiger partial charge in [-0.3, -0.25) is 0 Å². The molecule has 0 aliphatic carbocycles. The summed E-state index contributed by atoms with van der Waals surface area (Å²) in [5.74, 6) is 0. The monoisotopic (exact) mass is 384 g/mol. The van der Waals surface area contributed by atoms with Crippen LogP contribution in [0.25, 0.3) is 0 Å². The molecular weight excluding hydrogens is 369 g/mol. The summed E-state index contributed by atoms with van der Waals surface area (Å²) in [7, 11) is -4.79. The van der Waals surface area contributed by atoms with Crippen LogP contribution < -0.4 is 24.8 Å². The Morgan fingerprint density at radius 3 is 1.00 bits per heavy atom. The number of benzene rings is 3. The topological polar surface area (TPSA) is 80.3 Å². The van der Waals surface area contributed by atoms with Crippen LogP contribution in [0, 0.1) is 0 Å². The second-order valence-corrected chi connectivity index (χ2v) is 7.32. The summed E-state index contributed by atoms with van der Waals surface area (Å²) in [6.07, 6.45) is 0. The van der Waals surface area contributed by atoms with Crippen molar-refractivity contribution in [2.45, 2.75) is 0 Å². The van der Waals surface area contributed by atoms with Crippen LogP contribution in [0.5, 0.6) is 0 Å². The van der Waals surface area contributed by atoms with Gasteiger partial charge in [0.15, 0.2) is 10.6 Å². The molecule has 0 aromatic heterocycles. The van der Waals surface area contributed by atoms with Gasteiger partial charge in [0.25, 0.3) is 0 Å². The fraction of sp³-hybridized carbons (Fsp3) is 0. The van der Waals surface area contributed by atoms with Crippen molar-refractivity contribution in [3.8, 4) is 0 Å². The Kier molecular flexibility index (Phi) is 10.8. The molecule has 122 valence electrons. The van der Waals surface area contributed by atoms with Gasteiger partial charge in [0.2, 0.25) is 0 Å². The van der Waals surface area contributed by atoms with Crippen molar-refractivity contribution in [3.63, 3.8) is 0 Å². The molecule has 0 spiro atoms. The maximum atomic E-state index is 10.2. The molecule has 0 saturated heterocycles. The van der Waals surface area contributed by atoms with Crippen molar-refractivity contribution in [3.05, 3.63) is 91.0 Å². The van der Waals surface area contributed by atoms with E-state index in [1.807, 2.05) is 30.3 Å². The minimum atomic E-state index is -2.40. The molecule has 0 heterocycles. The van der Waals surface area contributed by atoms with Crippen molar-refractivity contribution in [1.82, 2.24) is 0 Å². The molecule has 2 unspecified atom stereocenters. The summed E-state index contributed by atoms with van der Waals surface area (Å²) in [6.45, 7) is 0. The van der Waals surface area contributed by atoms with Crippen LogP contribution in [0.2, 0.25) is 0 Å². The van der Waals surface area contributed by atoms with E-state index in [0.717, 1.165) is 0 Å². The van der Waals surface area contributed by atoms with Crippen LogP contribution >= 0.6 is 16.1 Å². The van der Waals surface area contributed by atoms with Gasteiger partial charge in [-0.05, 0) is 24.3 Å². The Bertz CT molecular complexity index is 719. The maximum absolute atomic E-state index is 10.2. The molecule has 3 aromatic rings. The Hall–Kier alpha value is -1.69. The fourth-order valence-corrected chi connectivity index (χ4v) is 2.61. The van der Waals surface area contributed by atoms with Gasteiger partial charge in [-0.15, -0.1) is 0 Å². The third kappa shape index (κ3) is 10.0. The molecular formula is C18H15AlO4P2+2. The average Bonchev–Trinajstić information content (AvgIpc) is 2.65.